The second kappa shape index (κ2) is 10.1. The molecule has 1 aliphatic heterocycles. The SMILES string of the molecule is CCCN1C(=O)N(c2c(F)cc(NCCNC)cc2F)c2cc(Cl)ccc2-c2cc(Cl)cnc21. The minimum atomic E-state index is -0.889. The van der Waals surface area contributed by atoms with Gasteiger partial charge in [0.1, 0.15) is 11.5 Å². The third kappa shape index (κ3) is 4.53. The van der Waals surface area contributed by atoms with Gasteiger partial charge in [0, 0.05) is 47.7 Å². The minimum Gasteiger partial charge on any atom is -0.384 e. The normalized spacial score (nSPS) is 12.9. The van der Waals surface area contributed by atoms with Gasteiger partial charge in [0.2, 0.25) is 0 Å². The van der Waals surface area contributed by atoms with Gasteiger partial charge in [-0.05, 0) is 43.8 Å². The van der Waals surface area contributed by atoms with Crippen LogP contribution in [0.1, 0.15) is 13.3 Å². The molecular formula is C24H23Cl2F2N5O. The molecule has 0 saturated carbocycles. The molecule has 2 heterocycles. The number of benzene rings is 2. The Kier molecular flexibility index (Phi) is 7.21. The van der Waals surface area contributed by atoms with Gasteiger partial charge >= 0.3 is 6.03 Å². The molecule has 1 aliphatic rings. The fraction of sp³-hybridized carbons (Fsp3) is 0.250. The summed E-state index contributed by atoms with van der Waals surface area (Å²) in [4.78, 5) is 20.6. The first-order valence-corrected chi connectivity index (χ1v) is 11.6. The molecule has 10 heteroatoms. The summed E-state index contributed by atoms with van der Waals surface area (Å²) in [5.41, 5.74) is 1.10. The lowest BCUT2D eigenvalue weighted by Gasteiger charge is -2.29. The summed E-state index contributed by atoms with van der Waals surface area (Å²) in [6.45, 7) is 3.27. The van der Waals surface area contributed by atoms with Crippen molar-refractivity contribution in [3.63, 3.8) is 0 Å². The number of nitrogens with one attached hydrogen (secondary N) is 2. The van der Waals surface area contributed by atoms with Crippen molar-refractivity contribution in [2.24, 2.45) is 0 Å². The van der Waals surface area contributed by atoms with Crippen molar-refractivity contribution in [2.45, 2.75) is 13.3 Å². The summed E-state index contributed by atoms with van der Waals surface area (Å²) in [7, 11) is 1.78. The molecule has 1 aromatic heterocycles. The molecule has 0 atom stereocenters. The van der Waals surface area contributed by atoms with Crippen LogP contribution in [0.3, 0.4) is 0 Å². The van der Waals surface area contributed by atoms with Crippen LogP contribution >= 0.6 is 23.2 Å². The zero-order valence-corrected chi connectivity index (χ0v) is 20.1. The number of nitrogens with zero attached hydrogens (tertiary/aromatic N) is 3. The summed E-state index contributed by atoms with van der Waals surface area (Å²) in [5, 5.41) is 6.58. The zero-order chi connectivity index (χ0) is 24.4. The number of halogens is 4. The maximum atomic E-state index is 15.4. The lowest BCUT2D eigenvalue weighted by atomic mass is 10.0. The van der Waals surface area contributed by atoms with Crippen LogP contribution in [0.25, 0.3) is 11.1 Å². The number of carbonyl (C=O) groups excluding carboxylic acids is 1. The molecule has 0 aliphatic carbocycles. The predicted octanol–water partition coefficient (Wildman–Crippen LogP) is 6.45. The Balaban J connectivity index is 1.94. The Morgan fingerprint density at radius 2 is 1.74 bits per heavy atom. The molecule has 3 aromatic rings. The highest BCUT2D eigenvalue weighted by Crippen LogP contribution is 2.46. The molecule has 34 heavy (non-hydrogen) atoms. The molecule has 2 amide bonds. The Morgan fingerprint density at radius 1 is 1.00 bits per heavy atom. The largest absolute Gasteiger partial charge is 0.384 e. The predicted molar refractivity (Wildman–Crippen MR) is 134 cm³/mol. The van der Waals surface area contributed by atoms with Crippen LogP contribution in [-0.2, 0) is 0 Å². The number of carbonyl (C=O) groups is 1. The van der Waals surface area contributed by atoms with E-state index in [0.717, 1.165) is 4.90 Å². The molecule has 2 N–H and O–H groups in total. The standard InChI is InChI=1S/C24H23Cl2F2N5O/c1-3-8-32-23-18(9-15(26)13-31-23)17-5-4-14(25)10-21(17)33(24(32)34)22-19(27)11-16(12-20(22)28)30-7-6-29-2/h4-5,9-13,29-30H,3,6-8H2,1-2H3. The summed E-state index contributed by atoms with van der Waals surface area (Å²) >= 11 is 12.5. The molecule has 0 bridgehead atoms. The summed E-state index contributed by atoms with van der Waals surface area (Å²) < 4.78 is 30.9. The van der Waals surface area contributed by atoms with Crippen molar-refractivity contribution in [2.75, 3.05) is 41.8 Å². The average molecular weight is 506 g/mol. The van der Waals surface area contributed by atoms with Crippen LogP contribution in [-0.4, -0.2) is 37.7 Å². The third-order valence-electron chi connectivity index (χ3n) is 5.39. The van der Waals surface area contributed by atoms with Crippen LogP contribution in [0.15, 0.2) is 42.6 Å². The van der Waals surface area contributed by atoms with Gasteiger partial charge in [-0.15, -0.1) is 0 Å². The van der Waals surface area contributed by atoms with Crippen molar-refractivity contribution in [3.05, 3.63) is 64.3 Å². The highest BCUT2D eigenvalue weighted by Gasteiger charge is 2.36. The van der Waals surface area contributed by atoms with Crippen LogP contribution in [0.5, 0.6) is 0 Å². The van der Waals surface area contributed by atoms with E-state index in [-0.39, 0.29) is 17.9 Å². The van der Waals surface area contributed by atoms with Crippen LogP contribution < -0.4 is 20.4 Å². The van der Waals surface area contributed by atoms with Gasteiger partial charge < -0.3 is 10.6 Å². The second-order valence-electron chi connectivity index (χ2n) is 7.77. The minimum absolute atomic E-state index is 0.232. The monoisotopic (exact) mass is 505 g/mol. The lowest BCUT2D eigenvalue weighted by Crippen LogP contribution is -2.42. The fourth-order valence-corrected chi connectivity index (χ4v) is 4.26. The first kappa shape index (κ1) is 24.2. The van der Waals surface area contributed by atoms with E-state index in [1.807, 2.05) is 6.92 Å². The number of urea groups is 1. The Hall–Kier alpha value is -2.94. The molecule has 0 unspecified atom stereocenters. The summed E-state index contributed by atoms with van der Waals surface area (Å²) in [6.07, 6.45) is 2.04. The van der Waals surface area contributed by atoms with Crippen molar-refractivity contribution in [3.8, 4) is 11.1 Å². The van der Waals surface area contributed by atoms with Gasteiger partial charge in [-0.1, -0.05) is 36.2 Å². The van der Waals surface area contributed by atoms with E-state index in [2.05, 4.69) is 15.6 Å². The first-order chi connectivity index (χ1) is 16.3. The van der Waals surface area contributed by atoms with E-state index in [1.165, 1.54) is 29.3 Å². The van der Waals surface area contributed by atoms with Gasteiger partial charge in [-0.25, -0.2) is 18.6 Å². The summed E-state index contributed by atoms with van der Waals surface area (Å²) in [6, 6.07) is 8.21. The number of likely N-dealkylation sites (N-methyl/N-ethyl adjacent to an activating group) is 1. The van der Waals surface area contributed by atoms with Crippen LogP contribution in [0.2, 0.25) is 10.0 Å². The van der Waals surface area contributed by atoms with Crippen molar-refractivity contribution < 1.29 is 13.6 Å². The fourth-order valence-electron chi connectivity index (χ4n) is 3.93. The molecule has 0 saturated heterocycles. The zero-order valence-electron chi connectivity index (χ0n) is 18.6. The molecular weight excluding hydrogens is 483 g/mol. The number of hydrogen-bond donors (Lipinski definition) is 2. The molecule has 178 valence electrons. The Bertz CT molecular complexity index is 1220. The highest BCUT2D eigenvalue weighted by molar-refractivity contribution is 6.32. The lowest BCUT2D eigenvalue weighted by molar-refractivity contribution is 0.253. The van der Waals surface area contributed by atoms with E-state index in [0.29, 0.717) is 46.5 Å². The third-order valence-corrected chi connectivity index (χ3v) is 5.84. The van der Waals surface area contributed by atoms with Crippen LogP contribution in [0, 0.1) is 11.6 Å². The van der Waals surface area contributed by atoms with E-state index >= 15 is 8.78 Å². The first-order valence-electron chi connectivity index (χ1n) is 10.8. The number of hydrogen-bond acceptors (Lipinski definition) is 4. The van der Waals surface area contributed by atoms with Crippen molar-refractivity contribution in [1.29, 1.82) is 0 Å². The van der Waals surface area contributed by atoms with E-state index < -0.39 is 23.4 Å². The number of amides is 2. The quantitative estimate of drug-likeness (QED) is 0.362. The molecule has 2 aromatic carbocycles. The topological polar surface area (TPSA) is 60.5 Å². The Morgan fingerprint density at radius 3 is 2.41 bits per heavy atom. The van der Waals surface area contributed by atoms with Crippen molar-refractivity contribution >= 4 is 52.1 Å². The van der Waals surface area contributed by atoms with E-state index in [4.69, 9.17) is 23.2 Å². The average Bonchev–Trinajstić information content (AvgIpc) is 2.88. The van der Waals surface area contributed by atoms with Gasteiger partial charge in [0.05, 0.1) is 10.7 Å². The second-order valence-corrected chi connectivity index (χ2v) is 8.65. The van der Waals surface area contributed by atoms with Crippen LogP contribution in [0.4, 0.5) is 36.5 Å². The Labute approximate surface area is 206 Å². The molecule has 4 rings (SSSR count). The number of pyridine rings is 1. The number of anilines is 4. The summed E-state index contributed by atoms with van der Waals surface area (Å²) in [5.74, 6) is -1.42. The van der Waals surface area contributed by atoms with Gasteiger partial charge in [0.25, 0.3) is 0 Å². The van der Waals surface area contributed by atoms with E-state index in [9.17, 15) is 4.79 Å². The highest BCUT2D eigenvalue weighted by atomic mass is 35.5. The molecule has 0 spiro atoms. The molecule has 6 nitrogen and oxygen atoms in total. The number of aromatic nitrogens is 1. The number of rotatable bonds is 7. The van der Waals surface area contributed by atoms with E-state index in [1.54, 1.807) is 25.2 Å². The number of fused-ring (bicyclic) bond motifs is 3. The van der Waals surface area contributed by atoms with Crippen molar-refractivity contribution in [1.82, 2.24) is 10.3 Å². The smallest absolute Gasteiger partial charge is 0.334 e. The molecule has 0 fully saturated rings. The van der Waals surface area contributed by atoms with Gasteiger partial charge in [-0.2, -0.15) is 0 Å². The maximum absolute atomic E-state index is 15.4. The van der Waals surface area contributed by atoms with Gasteiger partial charge in [0.15, 0.2) is 11.6 Å². The maximum Gasteiger partial charge on any atom is 0.334 e. The molecule has 0 radical (unpaired) electrons. The van der Waals surface area contributed by atoms with Gasteiger partial charge in [-0.3, -0.25) is 9.80 Å².